The number of rotatable bonds is 3. The molecule has 2 rings (SSSR count). The van der Waals surface area contributed by atoms with Crippen molar-refractivity contribution in [1.82, 2.24) is 10.2 Å². The molecule has 118 valence electrons. The Morgan fingerprint density at radius 3 is 2.55 bits per heavy atom. The molecule has 0 bridgehead atoms. The average molecular weight is 304 g/mol. The first-order valence-corrected chi connectivity index (χ1v) is 9.36. The van der Waals surface area contributed by atoms with Crippen LogP contribution in [0.25, 0.3) is 0 Å². The van der Waals surface area contributed by atoms with E-state index in [1.54, 1.807) is 0 Å². The third kappa shape index (κ3) is 4.41. The van der Waals surface area contributed by atoms with Gasteiger partial charge in [-0.05, 0) is 52.6 Å². The molecule has 0 aromatic carbocycles. The van der Waals surface area contributed by atoms with Crippen LogP contribution in [0, 0.1) is 5.92 Å². The molecule has 0 aromatic rings. The van der Waals surface area contributed by atoms with Gasteiger partial charge in [0.25, 0.3) is 0 Å². The van der Waals surface area contributed by atoms with Crippen molar-refractivity contribution < 1.29 is 13.5 Å². The van der Waals surface area contributed by atoms with E-state index in [1.807, 2.05) is 0 Å². The van der Waals surface area contributed by atoms with E-state index in [4.69, 9.17) is 0 Å². The van der Waals surface area contributed by atoms with Gasteiger partial charge in [-0.25, -0.2) is 8.42 Å². The van der Waals surface area contributed by atoms with Crippen LogP contribution in [0.5, 0.6) is 0 Å². The number of hydrogen-bond acceptors (Lipinski definition) is 5. The molecule has 3 atom stereocenters. The molecule has 2 aliphatic heterocycles. The fourth-order valence-corrected chi connectivity index (χ4v) is 5.01. The van der Waals surface area contributed by atoms with Gasteiger partial charge in [0.2, 0.25) is 0 Å². The summed E-state index contributed by atoms with van der Waals surface area (Å²) in [4.78, 5) is 2.19. The van der Waals surface area contributed by atoms with Crippen LogP contribution in [-0.2, 0) is 9.84 Å². The Bertz CT molecular complexity index is 430. The Labute approximate surface area is 122 Å². The summed E-state index contributed by atoms with van der Waals surface area (Å²) in [5.74, 6) is 0.589. The highest BCUT2D eigenvalue weighted by atomic mass is 32.2. The van der Waals surface area contributed by atoms with E-state index in [1.165, 1.54) is 6.42 Å². The van der Waals surface area contributed by atoms with Gasteiger partial charge >= 0.3 is 0 Å². The largest absolute Gasteiger partial charge is 0.390 e. The van der Waals surface area contributed by atoms with E-state index in [9.17, 15) is 13.5 Å². The van der Waals surface area contributed by atoms with Crippen LogP contribution in [0.1, 0.15) is 33.6 Å². The van der Waals surface area contributed by atoms with Gasteiger partial charge in [0, 0.05) is 12.1 Å². The zero-order valence-electron chi connectivity index (χ0n) is 12.8. The van der Waals surface area contributed by atoms with Crippen molar-refractivity contribution in [1.29, 1.82) is 0 Å². The van der Waals surface area contributed by atoms with Crippen LogP contribution < -0.4 is 5.32 Å². The maximum absolute atomic E-state index is 11.6. The second kappa shape index (κ2) is 5.91. The molecule has 2 heterocycles. The normalized spacial score (nSPS) is 35.3. The fraction of sp³-hybridized carbons (Fsp3) is 1.00. The van der Waals surface area contributed by atoms with Gasteiger partial charge in [0.1, 0.15) is 0 Å². The van der Waals surface area contributed by atoms with E-state index in [0.29, 0.717) is 5.92 Å². The number of hydrogen-bond donors (Lipinski definition) is 2. The predicted molar refractivity (Wildman–Crippen MR) is 80.5 cm³/mol. The molecular weight excluding hydrogens is 276 g/mol. The van der Waals surface area contributed by atoms with Crippen LogP contribution in [-0.4, -0.2) is 67.2 Å². The summed E-state index contributed by atoms with van der Waals surface area (Å²) < 4.78 is 23.3. The molecule has 3 unspecified atom stereocenters. The third-order valence-corrected chi connectivity index (χ3v) is 5.93. The molecule has 0 amide bonds. The third-order valence-electron chi connectivity index (χ3n) is 4.23. The van der Waals surface area contributed by atoms with Crippen molar-refractivity contribution >= 4 is 9.84 Å². The quantitative estimate of drug-likeness (QED) is 0.782. The minimum Gasteiger partial charge on any atom is -0.390 e. The number of likely N-dealkylation sites (tertiary alicyclic amines) is 1. The summed E-state index contributed by atoms with van der Waals surface area (Å²) in [6.07, 6.45) is 1.55. The number of piperidine rings is 1. The van der Waals surface area contributed by atoms with Crippen LogP contribution in [0.15, 0.2) is 0 Å². The summed E-state index contributed by atoms with van der Waals surface area (Å²) in [6.45, 7) is 9.21. The second-order valence-corrected chi connectivity index (χ2v) is 9.50. The molecule has 0 saturated carbocycles. The maximum Gasteiger partial charge on any atom is 0.154 e. The molecule has 2 N–H and O–H groups in total. The van der Waals surface area contributed by atoms with Gasteiger partial charge in [0.15, 0.2) is 9.84 Å². The highest BCUT2D eigenvalue weighted by Gasteiger charge is 2.41. The van der Waals surface area contributed by atoms with Gasteiger partial charge in [-0.3, -0.25) is 4.90 Å². The maximum atomic E-state index is 11.6. The zero-order chi connectivity index (χ0) is 15.0. The van der Waals surface area contributed by atoms with E-state index in [0.717, 1.165) is 26.1 Å². The van der Waals surface area contributed by atoms with Crippen molar-refractivity contribution in [2.75, 3.05) is 31.1 Å². The van der Waals surface area contributed by atoms with Gasteiger partial charge in [0.05, 0.1) is 23.7 Å². The highest BCUT2D eigenvalue weighted by Crippen LogP contribution is 2.24. The minimum atomic E-state index is -3.05. The number of aliphatic hydroxyl groups is 1. The SMILES string of the molecule is CC(C)(C)NCC1CCCN(C2CS(=O)(=O)CC2O)C1. The molecular formula is C14H28N2O3S. The standard InChI is InChI=1S/C14H28N2O3S/c1-14(2,3)15-7-11-5-4-6-16(8-11)12-9-20(18,19)10-13(12)17/h11-13,15,17H,4-10H2,1-3H3. The molecule has 2 aliphatic rings. The molecule has 6 heteroatoms. The van der Waals surface area contributed by atoms with Crippen LogP contribution >= 0.6 is 0 Å². The average Bonchev–Trinajstić information content (AvgIpc) is 2.60. The number of nitrogens with one attached hydrogen (secondary N) is 1. The van der Waals surface area contributed by atoms with Gasteiger partial charge in [-0.15, -0.1) is 0 Å². The van der Waals surface area contributed by atoms with Crippen molar-refractivity contribution in [2.45, 2.75) is 51.3 Å². The Balaban J connectivity index is 1.91. The van der Waals surface area contributed by atoms with Crippen LogP contribution in [0.2, 0.25) is 0 Å². The van der Waals surface area contributed by atoms with E-state index < -0.39 is 15.9 Å². The topological polar surface area (TPSA) is 69.6 Å². The zero-order valence-corrected chi connectivity index (χ0v) is 13.6. The second-order valence-electron chi connectivity index (χ2n) is 7.35. The minimum absolute atomic E-state index is 0.0704. The van der Waals surface area contributed by atoms with Gasteiger partial charge in [-0.1, -0.05) is 0 Å². The summed E-state index contributed by atoms with van der Waals surface area (Å²) in [5.41, 5.74) is 0.110. The molecule has 2 fully saturated rings. The molecule has 0 aliphatic carbocycles. The van der Waals surface area contributed by atoms with Crippen LogP contribution in [0.4, 0.5) is 0 Å². The smallest absolute Gasteiger partial charge is 0.154 e. The van der Waals surface area contributed by atoms with Crippen molar-refractivity contribution in [3.05, 3.63) is 0 Å². The lowest BCUT2D eigenvalue weighted by Gasteiger charge is -2.38. The Hall–Kier alpha value is -0.170. The Morgan fingerprint density at radius 2 is 2.00 bits per heavy atom. The van der Waals surface area contributed by atoms with E-state index in [2.05, 4.69) is 31.0 Å². The van der Waals surface area contributed by atoms with Gasteiger partial charge < -0.3 is 10.4 Å². The first kappa shape index (κ1) is 16.2. The van der Waals surface area contributed by atoms with Crippen LogP contribution in [0.3, 0.4) is 0 Å². The Morgan fingerprint density at radius 1 is 1.30 bits per heavy atom. The predicted octanol–water partition coefficient (Wildman–Crippen LogP) is 0.244. The number of aliphatic hydroxyl groups excluding tert-OH is 1. The van der Waals surface area contributed by atoms with Crippen molar-refractivity contribution in [3.8, 4) is 0 Å². The molecule has 0 spiro atoms. The van der Waals surface area contributed by atoms with Gasteiger partial charge in [-0.2, -0.15) is 0 Å². The van der Waals surface area contributed by atoms with E-state index in [-0.39, 0.29) is 23.1 Å². The Kier molecular flexibility index (Phi) is 4.79. The lowest BCUT2D eigenvalue weighted by Crippen LogP contribution is -2.50. The molecule has 0 radical (unpaired) electrons. The summed E-state index contributed by atoms with van der Waals surface area (Å²) in [7, 11) is -3.05. The summed E-state index contributed by atoms with van der Waals surface area (Å²) >= 11 is 0. The first-order chi connectivity index (χ1) is 9.16. The highest BCUT2D eigenvalue weighted by molar-refractivity contribution is 7.91. The van der Waals surface area contributed by atoms with E-state index >= 15 is 0 Å². The number of sulfone groups is 1. The lowest BCUT2D eigenvalue weighted by atomic mass is 9.95. The van der Waals surface area contributed by atoms with Crippen molar-refractivity contribution in [2.24, 2.45) is 5.92 Å². The molecule has 5 nitrogen and oxygen atoms in total. The molecule has 2 saturated heterocycles. The fourth-order valence-electron chi connectivity index (χ4n) is 3.17. The number of nitrogens with zero attached hydrogens (tertiary/aromatic N) is 1. The first-order valence-electron chi connectivity index (χ1n) is 7.54. The summed E-state index contributed by atoms with van der Waals surface area (Å²) in [5, 5.41) is 13.5. The molecule has 20 heavy (non-hydrogen) atoms. The summed E-state index contributed by atoms with van der Waals surface area (Å²) in [6, 6.07) is -0.197. The lowest BCUT2D eigenvalue weighted by molar-refractivity contribution is 0.0523. The molecule has 0 aromatic heterocycles. The monoisotopic (exact) mass is 304 g/mol. The van der Waals surface area contributed by atoms with Crippen molar-refractivity contribution in [3.63, 3.8) is 0 Å².